The summed E-state index contributed by atoms with van der Waals surface area (Å²) in [5.41, 5.74) is 1.85. The number of benzene rings is 1. The lowest BCUT2D eigenvalue weighted by atomic mass is 10.2. The number of phenols is 1. The molecule has 0 atom stereocenters. The quantitative estimate of drug-likeness (QED) is 0.733. The largest absolute Gasteiger partial charge is 0.507 e. The number of rotatable bonds is 0. The summed E-state index contributed by atoms with van der Waals surface area (Å²) in [6.45, 7) is 0. The molecule has 0 bridgehead atoms. The van der Waals surface area contributed by atoms with Crippen LogP contribution in [0.5, 0.6) is 5.75 Å². The molecule has 0 fully saturated rings. The van der Waals surface area contributed by atoms with Crippen molar-refractivity contribution in [2.75, 3.05) is 5.75 Å². The molecule has 74 valence electrons. The first-order valence-corrected chi connectivity index (χ1v) is 5.75. The van der Waals surface area contributed by atoms with E-state index in [-0.39, 0.29) is 0 Å². The molecule has 0 aliphatic carbocycles. The predicted octanol–water partition coefficient (Wildman–Crippen LogP) is 3.06. The molecule has 1 aliphatic heterocycles. The van der Waals surface area contributed by atoms with Crippen LogP contribution < -0.4 is 0 Å². The standard InChI is InChI=1S/C12H9NOS/c14-11-5-1-3-9-8(11)7-12-10(13-9)4-2-6-15-12/h1-5,7,14H,6H2. The van der Waals surface area contributed by atoms with E-state index >= 15 is 0 Å². The fourth-order valence-electron chi connectivity index (χ4n) is 1.71. The van der Waals surface area contributed by atoms with E-state index in [1.54, 1.807) is 17.8 Å². The summed E-state index contributed by atoms with van der Waals surface area (Å²) in [6.07, 6.45) is 4.14. The molecule has 1 aromatic heterocycles. The Morgan fingerprint density at radius 3 is 3.20 bits per heavy atom. The molecule has 2 nitrogen and oxygen atoms in total. The number of phenolic OH excluding ortho intramolecular Hbond substituents is 1. The second-order valence-corrected chi connectivity index (χ2v) is 4.49. The van der Waals surface area contributed by atoms with E-state index in [9.17, 15) is 5.11 Å². The summed E-state index contributed by atoms with van der Waals surface area (Å²) in [7, 11) is 0. The van der Waals surface area contributed by atoms with Gasteiger partial charge >= 0.3 is 0 Å². The van der Waals surface area contributed by atoms with Crippen LogP contribution in [0, 0.1) is 0 Å². The first-order chi connectivity index (χ1) is 7.34. The van der Waals surface area contributed by atoms with Crippen molar-refractivity contribution >= 4 is 28.7 Å². The molecule has 0 saturated heterocycles. The average Bonchev–Trinajstić information content (AvgIpc) is 2.27. The molecule has 1 aliphatic rings. The molecule has 0 radical (unpaired) electrons. The van der Waals surface area contributed by atoms with Crippen LogP contribution in [0.4, 0.5) is 0 Å². The zero-order chi connectivity index (χ0) is 10.3. The van der Waals surface area contributed by atoms with Gasteiger partial charge < -0.3 is 5.11 Å². The van der Waals surface area contributed by atoms with Crippen molar-refractivity contribution in [1.29, 1.82) is 0 Å². The van der Waals surface area contributed by atoms with E-state index in [1.165, 1.54) is 0 Å². The second kappa shape index (κ2) is 3.28. The molecule has 1 N–H and O–H groups in total. The Morgan fingerprint density at radius 1 is 1.33 bits per heavy atom. The third kappa shape index (κ3) is 1.39. The Hall–Kier alpha value is -1.48. The highest BCUT2D eigenvalue weighted by molar-refractivity contribution is 7.99. The number of aromatic nitrogens is 1. The van der Waals surface area contributed by atoms with E-state index < -0.39 is 0 Å². The van der Waals surface area contributed by atoms with Crippen LogP contribution in [0.1, 0.15) is 5.69 Å². The van der Waals surface area contributed by atoms with Gasteiger partial charge in [0.05, 0.1) is 11.2 Å². The summed E-state index contributed by atoms with van der Waals surface area (Å²) < 4.78 is 0. The normalized spacial score (nSPS) is 14.1. The summed E-state index contributed by atoms with van der Waals surface area (Å²) in [6, 6.07) is 7.44. The van der Waals surface area contributed by atoms with Gasteiger partial charge in [0.15, 0.2) is 0 Å². The molecule has 2 heterocycles. The number of thioether (sulfide) groups is 1. The van der Waals surface area contributed by atoms with E-state index in [0.717, 1.165) is 27.2 Å². The van der Waals surface area contributed by atoms with E-state index in [1.807, 2.05) is 24.3 Å². The molecule has 0 saturated carbocycles. The molecular weight excluding hydrogens is 206 g/mol. The van der Waals surface area contributed by atoms with E-state index in [4.69, 9.17) is 0 Å². The highest BCUT2D eigenvalue weighted by Crippen LogP contribution is 2.33. The lowest BCUT2D eigenvalue weighted by molar-refractivity contribution is 0.481. The third-order valence-electron chi connectivity index (χ3n) is 2.44. The van der Waals surface area contributed by atoms with Gasteiger partial charge in [0.2, 0.25) is 0 Å². The molecule has 3 heteroatoms. The topological polar surface area (TPSA) is 33.1 Å². The zero-order valence-corrected chi connectivity index (χ0v) is 8.79. The van der Waals surface area contributed by atoms with Crippen molar-refractivity contribution in [3.63, 3.8) is 0 Å². The first-order valence-electron chi connectivity index (χ1n) is 4.77. The zero-order valence-electron chi connectivity index (χ0n) is 7.97. The van der Waals surface area contributed by atoms with Gasteiger partial charge in [-0.3, -0.25) is 0 Å². The second-order valence-electron chi connectivity index (χ2n) is 3.43. The van der Waals surface area contributed by atoms with Crippen molar-refractivity contribution in [3.8, 4) is 5.75 Å². The van der Waals surface area contributed by atoms with Gasteiger partial charge in [-0.15, -0.1) is 11.8 Å². The van der Waals surface area contributed by atoms with Crippen LogP contribution in [-0.4, -0.2) is 15.8 Å². The van der Waals surface area contributed by atoms with Gasteiger partial charge in [0, 0.05) is 16.0 Å². The van der Waals surface area contributed by atoms with Crippen LogP contribution in [-0.2, 0) is 0 Å². The number of pyridine rings is 1. The van der Waals surface area contributed by atoms with Gasteiger partial charge in [-0.1, -0.05) is 12.1 Å². The maximum absolute atomic E-state index is 9.71. The lowest BCUT2D eigenvalue weighted by Gasteiger charge is -2.10. The molecule has 0 unspecified atom stereocenters. The summed E-state index contributed by atoms with van der Waals surface area (Å²) in [5.74, 6) is 1.28. The SMILES string of the molecule is Oc1cccc2nc3c(cc12)SCC=C3. The van der Waals surface area contributed by atoms with Gasteiger partial charge in [-0.05, 0) is 24.3 Å². The minimum atomic E-state index is 0.304. The Bertz CT molecular complexity index is 563. The van der Waals surface area contributed by atoms with Gasteiger partial charge in [-0.2, -0.15) is 0 Å². The average molecular weight is 215 g/mol. The van der Waals surface area contributed by atoms with Crippen molar-refractivity contribution in [3.05, 3.63) is 36.0 Å². The van der Waals surface area contributed by atoms with E-state index in [0.29, 0.717) is 5.75 Å². The molecule has 15 heavy (non-hydrogen) atoms. The Morgan fingerprint density at radius 2 is 2.27 bits per heavy atom. The first kappa shape index (κ1) is 8.80. The van der Waals surface area contributed by atoms with Crippen LogP contribution in [0.2, 0.25) is 0 Å². The van der Waals surface area contributed by atoms with Crippen LogP contribution in [0.15, 0.2) is 35.2 Å². The number of nitrogens with zero attached hydrogens (tertiary/aromatic N) is 1. The third-order valence-corrected chi connectivity index (χ3v) is 3.44. The summed E-state index contributed by atoms with van der Waals surface area (Å²) in [4.78, 5) is 5.65. The van der Waals surface area contributed by atoms with Crippen molar-refractivity contribution in [2.24, 2.45) is 0 Å². The Kier molecular flexibility index (Phi) is 1.92. The summed E-state index contributed by atoms with van der Waals surface area (Å²) in [5, 5.41) is 10.5. The fraction of sp³-hybridized carbons (Fsp3) is 0.0833. The lowest BCUT2D eigenvalue weighted by Crippen LogP contribution is -1.92. The van der Waals surface area contributed by atoms with Crippen LogP contribution in [0.25, 0.3) is 17.0 Å². The predicted molar refractivity (Wildman–Crippen MR) is 63.2 cm³/mol. The minimum Gasteiger partial charge on any atom is -0.507 e. The molecule has 0 amide bonds. The van der Waals surface area contributed by atoms with Crippen molar-refractivity contribution in [1.82, 2.24) is 4.98 Å². The van der Waals surface area contributed by atoms with Gasteiger partial charge in [0.1, 0.15) is 5.75 Å². The molecule has 0 spiro atoms. The van der Waals surface area contributed by atoms with Crippen molar-refractivity contribution in [2.45, 2.75) is 4.90 Å². The number of fused-ring (bicyclic) bond motifs is 2. The minimum absolute atomic E-state index is 0.304. The Balaban J connectivity index is 2.37. The van der Waals surface area contributed by atoms with Crippen LogP contribution in [0.3, 0.4) is 0 Å². The maximum Gasteiger partial charge on any atom is 0.125 e. The highest BCUT2D eigenvalue weighted by Gasteiger charge is 2.09. The molecule has 2 aromatic rings. The van der Waals surface area contributed by atoms with Crippen molar-refractivity contribution < 1.29 is 5.11 Å². The maximum atomic E-state index is 9.71. The number of hydrogen-bond acceptors (Lipinski definition) is 3. The number of aromatic hydroxyl groups is 1. The Labute approximate surface area is 91.6 Å². The summed E-state index contributed by atoms with van der Waals surface area (Å²) >= 11 is 1.75. The monoisotopic (exact) mass is 215 g/mol. The van der Waals surface area contributed by atoms with E-state index in [2.05, 4.69) is 11.1 Å². The molecular formula is C12H9NOS. The molecule has 1 aromatic carbocycles. The number of hydrogen-bond donors (Lipinski definition) is 1. The highest BCUT2D eigenvalue weighted by atomic mass is 32.2. The molecule has 3 rings (SSSR count). The van der Waals surface area contributed by atoms with Gasteiger partial charge in [0.25, 0.3) is 0 Å². The van der Waals surface area contributed by atoms with Gasteiger partial charge in [-0.25, -0.2) is 4.98 Å². The fourth-order valence-corrected chi connectivity index (χ4v) is 2.54. The van der Waals surface area contributed by atoms with Crippen LogP contribution >= 0.6 is 11.8 Å². The smallest absolute Gasteiger partial charge is 0.125 e.